The third kappa shape index (κ3) is 4.24. The van der Waals surface area contributed by atoms with Gasteiger partial charge >= 0.3 is 0 Å². The van der Waals surface area contributed by atoms with Crippen LogP contribution >= 0.6 is 0 Å². The van der Waals surface area contributed by atoms with Gasteiger partial charge in [0, 0.05) is 50.9 Å². The summed E-state index contributed by atoms with van der Waals surface area (Å²) in [6.07, 6.45) is 5.20. The highest BCUT2D eigenvalue weighted by molar-refractivity contribution is 6.39. The average molecular weight is 362 g/mol. The molecule has 7 heteroatoms. The number of nitrogens with one attached hydrogen (secondary N) is 1. The summed E-state index contributed by atoms with van der Waals surface area (Å²) in [5.41, 5.74) is 2.87. The predicted octanol–water partition coefficient (Wildman–Crippen LogP) is 1.53. The van der Waals surface area contributed by atoms with Gasteiger partial charge in [0.1, 0.15) is 5.71 Å². The van der Waals surface area contributed by atoms with Crippen LogP contribution in [-0.4, -0.2) is 59.4 Å². The second-order valence-corrected chi connectivity index (χ2v) is 8.42. The third-order valence-corrected chi connectivity index (χ3v) is 5.82. The minimum Gasteiger partial charge on any atom is -0.342 e. The highest BCUT2D eigenvalue weighted by Gasteiger charge is 2.43. The maximum absolute atomic E-state index is 12.8. The first-order valence-corrected chi connectivity index (χ1v) is 9.81. The van der Waals surface area contributed by atoms with E-state index in [9.17, 15) is 14.4 Å². The predicted molar refractivity (Wildman–Crippen MR) is 98.3 cm³/mol. The quantitative estimate of drug-likeness (QED) is 0.823. The minimum absolute atomic E-state index is 0.0112. The van der Waals surface area contributed by atoms with Crippen molar-refractivity contribution in [2.75, 3.05) is 26.2 Å². The van der Waals surface area contributed by atoms with Crippen LogP contribution in [0, 0.1) is 11.3 Å². The molecule has 2 saturated heterocycles. The van der Waals surface area contributed by atoms with Crippen molar-refractivity contribution >= 4 is 23.4 Å². The van der Waals surface area contributed by atoms with Crippen LogP contribution in [0.2, 0.25) is 0 Å². The molecule has 0 aromatic carbocycles. The first-order valence-electron chi connectivity index (χ1n) is 9.81. The van der Waals surface area contributed by atoms with Gasteiger partial charge in [-0.3, -0.25) is 14.4 Å². The van der Waals surface area contributed by atoms with E-state index >= 15 is 0 Å². The molecule has 3 heterocycles. The summed E-state index contributed by atoms with van der Waals surface area (Å²) in [7, 11) is 0. The van der Waals surface area contributed by atoms with Crippen molar-refractivity contribution < 1.29 is 14.4 Å². The maximum Gasteiger partial charge on any atom is 0.270 e. The molecule has 0 saturated carbocycles. The highest BCUT2D eigenvalue weighted by Crippen LogP contribution is 2.39. The van der Waals surface area contributed by atoms with E-state index in [0.717, 1.165) is 45.3 Å². The average Bonchev–Trinajstić information content (AvgIpc) is 2.63. The summed E-state index contributed by atoms with van der Waals surface area (Å²) < 4.78 is 0. The van der Waals surface area contributed by atoms with E-state index in [4.69, 9.17) is 0 Å². The van der Waals surface area contributed by atoms with E-state index < -0.39 is 0 Å². The first-order chi connectivity index (χ1) is 12.4. The Labute approximate surface area is 155 Å². The molecule has 7 nitrogen and oxygen atoms in total. The Kier molecular flexibility index (Phi) is 5.63. The molecule has 0 bridgehead atoms. The second-order valence-electron chi connectivity index (χ2n) is 8.42. The Bertz CT molecular complexity index is 616. The Balaban J connectivity index is 1.65. The van der Waals surface area contributed by atoms with Gasteiger partial charge in [0.25, 0.3) is 5.91 Å². The normalized spacial score (nSPS) is 27.0. The first kappa shape index (κ1) is 18.9. The SMILES string of the molecule is CC(C)CCN1C[C@@]2(CCCN(C(=O)C3=NNC(=O)CC3)C2)CCC1=O. The van der Waals surface area contributed by atoms with Gasteiger partial charge in [0.2, 0.25) is 11.8 Å². The number of piperidine rings is 2. The Morgan fingerprint density at radius 1 is 1.19 bits per heavy atom. The van der Waals surface area contributed by atoms with Crippen molar-refractivity contribution in [2.45, 2.75) is 58.8 Å². The van der Waals surface area contributed by atoms with E-state index in [1.54, 1.807) is 0 Å². The van der Waals surface area contributed by atoms with Crippen LogP contribution in [0.25, 0.3) is 0 Å². The van der Waals surface area contributed by atoms with Gasteiger partial charge in [-0.25, -0.2) is 5.43 Å². The fourth-order valence-corrected chi connectivity index (χ4v) is 4.25. The Morgan fingerprint density at radius 2 is 2.00 bits per heavy atom. The van der Waals surface area contributed by atoms with Crippen molar-refractivity contribution in [3.8, 4) is 0 Å². The van der Waals surface area contributed by atoms with E-state index in [-0.39, 0.29) is 23.1 Å². The van der Waals surface area contributed by atoms with Crippen molar-refractivity contribution in [3.05, 3.63) is 0 Å². The summed E-state index contributed by atoms with van der Waals surface area (Å²) in [4.78, 5) is 40.3. The molecular weight excluding hydrogens is 332 g/mol. The maximum atomic E-state index is 12.8. The fraction of sp³-hybridized carbons (Fsp3) is 0.789. The second kappa shape index (κ2) is 7.76. The topological polar surface area (TPSA) is 82.1 Å². The molecule has 0 aliphatic carbocycles. The molecule has 3 amide bonds. The standard InChI is InChI=1S/C19H30N4O3/c1-14(2)7-11-22-12-19(9-6-17(22)25)8-3-10-23(13-19)18(26)15-4-5-16(24)21-20-15/h14H,3-13H2,1-2H3,(H,21,24)/t19-/m1/s1. The number of hydrazone groups is 1. The van der Waals surface area contributed by atoms with Gasteiger partial charge in [0.15, 0.2) is 0 Å². The zero-order valence-corrected chi connectivity index (χ0v) is 15.9. The summed E-state index contributed by atoms with van der Waals surface area (Å²) >= 11 is 0. The molecule has 0 radical (unpaired) electrons. The van der Waals surface area contributed by atoms with Crippen LogP contribution in [0.15, 0.2) is 5.10 Å². The molecule has 1 spiro atoms. The number of nitrogens with zero attached hydrogens (tertiary/aromatic N) is 3. The summed E-state index contributed by atoms with van der Waals surface area (Å²) in [5.74, 6) is 0.627. The van der Waals surface area contributed by atoms with Gasteiger partial charge in [-0.05, 0) is 31.6 Å². The number of rotatable bonds is 4. The molecule has 1 atom stereocenters. The Hall–Kier alpha value is -1.92. The van der Waals surface area contributed by atoms with Crippen molar-refractivity contribution in [3.63, 3.8) is 0 Å². The van der Waals surface area contributed by atoms with E-state index in [0.29, 0.717) is 37.4 Å². The number of carbonyl (C=O) groups excluding carboxylic acids is 3. The van der Waals surface area contributed by atoms with Crippen LogP contribution in [0.1, 0.15) is 58.8 Å². The van der Waals surface area contributed by atoms with Gasteiger partial charge in [0.05, 0.1) is 0 Å². The minimum atomic E-state index is -0.136. The number of likely N-dealkylation sites (tertiary alicyclic amines) is 2. The number of hydrogen-bond acceptors (Lipinski definition) is 4. The van der Waals surface area contributed by atoms with Gasteiger partial charge in [-0.2, -0.15) is 5.10 Å². The van der Waals surface area contributed by atoms with Crippen LogP contribution in [-0.2, 0) is 14.4 Å². The number of carbonyl (C=O) groups is 3. The van der Waals surface area contributed by atoms with Gasteiger partial charge in [-0.1, -0.05) is 13.8 Å². The van der Waals surface area contributed by atoms with Crippen LogP contribution in [0.3, 0.4) is 0 Å². The zero-order valence-electron chi connectivity index (χ0n) is 15.9. The summed E-state index contributed by atoms with van der Waals surface area (Å²) in [5, 5.41) is 3.96. The molecule has 1 N–H and O–H groups in total. The lowest BCUT2D eigenvalue weighted by molar-refractivity contribution is -0.141. The third-order valence-electron chi connectivity index (χ3n) is 5.82. The van der Waals surface area contributed by atoms with Crippen molar-refractivity contribution in [2.24, 2.45) is 16.4 Å². The monoisotopic (exact) mass is 362 g/mol. The number of hydrogen-bond donors (Lipinski definition) is 1. The van der Waals surface area contributed by atoms with E-state index in [1.165, 1.54) is 0 Å². The lowest BCUT2D eigenvalue weighted by atomic mass is 9.73. The number of amides is 3. The van der Waals surface area contributed by atoms with E-state index in [2.05, 4.69) is 24.4 Å². The van der Waals surface area contributed by atoms with Crippen molar-refractivity contribution in [1.82, 2.24) is 15.2 Å². The molecule has 0 aromatic heterocycles. The lowest BCUT2D eigenvalue weighted by Crippen LogP contribution is -2.56. The molecule has 26 heavy (non-hydrogen) atoms. The largest absolute Gasteiger partial charge is 0.342 e. The van der Waals surface area contributed by atoms with Crippen molar-refractivity contribution in [1.29, 1.82) is 0 Å². The molecule has 0 aromatic rings. The lowest BCUT2D eigenvalue weighted by Gasteiger charge is -2.48. The molecular formula is C19H30N4O3. The molecule has 144 valence electrons. The molecule has 0 unspecified atom stereocenters. The van der Waals surface area contributed by atoms with Gasteiger partial charge < -0.3 is 9.80 Å². The molecule has 3 rings (SSSR count). The molecule has 2 fully saturated rings. The molecule has 3 aliphatic rings. The fourth-order valence-electron chi connectivity index (χ4n) is 4.25. The summed E-state index contributed by atoms with van der Waals surface area (Å²) in [6, 6.07) is 0. The highest BCUT2D eigenvalue weighted by atomic mass is 16.2. The smallest absolute Gasteiger partial charge is 0.270 e. The van der Waals surface area contributed by atoms with Crippen LogP contribution in [0.5, 0.6) is 0 Å². The zero-order chi connectivity index (χ0) is 18.7. The van der Waals surface area contributed by atoms with E-state index in [1.807, 2.05) is 9.80 Å². The van der Waals surface area contributed by atoms with Gasteiger partial charge in [-0.15, -0.1) is 0 Å². The Morgan fingerprint density at radius 3 is 2.69 bits per heavy atom. The molecule has 3 aliphatic heterocycles. The van der Waals surface area contributed by atoms with Crippen LogP contribution in [0.4, 0.5) is 0 Å². The summed E-state index contributed by atoms with van der Waals surface area (Å²) in [6.45, 7) is 7.33. The van der Waals surface area contributed by atoms with Crippen LogP contribution < -0.4 is 5.43 Å².